The smallest absolute Gasteiger partial charge is 0.0654 e. The van der Waals surface area contributed by atoms with Crippen LogP contribution in [0.25, 0.3) is 0 Å². The van der Waals surface area contributed by atoms with E-state index in [4.69, 9.17) is 4.74 Å². The molecule has 0 amide bonds. The summed E-state index contributed by atoms with van der Waals surface area (Å²) in [5, 5.41) is 0. The number of rotatable bonds is 7. The normalized spacial score (nSPS) is 33.7. The third kappa shape index (κ3) is 5.91. The highest BCUT2D eigenvalue weighted by atomic mass is 16.5. The summed E-state index contributed by atoms with van der Waals surface area (Å²) in [6, 6.07) is 0. The molecule has 0 atom stereocenters. The lowest BCUT2D eigenvalue weighted by molar-refractivity contribution is 0.0210. The molecule has 2 aliphatic rings. The summed E-state index contributed by atoms with van der Waals surface area (Å²) in [5.41, 5.74) is 0. The summed E-state index contributed by atoms with van der Waals surface area (Å²) in [5.74, 6) is 3.08. The van der Waals surface area contributed by atoms with Crippen molar-refractivity contribution < 1.29 is 4.74 Å². The Morgan fingerprint density at radius 3 is 2.09 bits per heavy atom. The van der Waals surface area contributed by atoms with Crippen LogP contribution in [0.4, 0.5) is 0 Å². The lowest BCUT2D eigenvalue weighted by Crippen LogP contribution is -2.28. The van der Waals surface area contributed by atoms with Gasteiger partial charge in [-0.15, -0.1) is 0 Å². The zero-order valence-electron chi connectivity index (χ0n) is 14.8. The van der Waals surface area contributed by atoms with E-state index in [1.54, 1.807) is 0 Å². The number of ether oxygens (including phenoxy) is 1. The van der Waals surface area contributed by atoms with Crippen LogP contribution in [0.3, 0.4) is 0 Å². The lowest BCUT2D eigenvalue weighted by Gasteiger charge is -2.37. The lowest BCUT2D eigenvalue weighted by atomic mass is 9.70. The van der Waals surface area contributed by atoms with Crippen molar-refractivity contribution in [3.05, 3.63) is 24.3 Å². The summed E-state index contributed by atoms with van der Waals surface area (Å²) >= 11 is 0. The molecule has 0 aromatic rings. The molecule has 1 heteroatoms. The van der Waals surface area contributed by atoms with E-state index in [1.165, 1.54) is 64.2 Å². The third-order valence-electron chi connectivity index (χ3n) is 5.84. The highest BCUT2D eigenvalue weighted by Crippen LogP contribution is 2.41. The fourth-order valence-corrected chi connectivity index (χ4v) is 4.52. The van der Waals surface area contributed by atoms with Crippen molar-refractivity contribution in [2.24, 2.45) is 17.8 Å². The topological polar surface area (TPSA) is 9.23 Å². The maximum absolute atomic E-state index is 5.99. The van der Waals surface area contributed by atoms with Crippen LogP contribution in [0.2, 0.25) is 0 Å². The highest BCUT2D eigenvalue weighted by molar-refractivity contribution is 5.01. The van der Waals surface area contributed by atoms with Crippen LogP contribution in [0.5, 0.6) is 0 Å². The van der Waals surface area contributed by atoms with Crippen molar-refractivity contribution >= 4 is 0 Å². The van der Waals surface area contributed by atoms with Crippen LogP contribution < -0.4 is 0 Å². The molecule has 0 bridgehead atoms. The monoisotopic (exact) mass is 304 g/mol. The van der Waals surface area contributed by atoms with E-state index < -0.39 is 0 Å². The molecule has 2 rings (SSSR count). The molecular formula is C21H36O. The maximum Gasteiger partial charge on any atom is 0.0654 e. The van der Waals surface area contributed by atoms with Gasteiger partial charge in [-0.25, -0.2) is 0 Å². The second kappa shape index (κ2) is 10.3. The van der Waals surface area contributed by atoms with Gasteiger partial charge in [-0.1, -0.05) is 56.9 Å². The molecule has 1 nitrogen and oxygen atoms in total. The highest BCUT2D eigenvalue weighted by Gasteiger charge is 2.30. The van der Waals surface area contributed by atoms with E-state index in [1.807, 2.05) is 6.92 Å². The minimum atomic E-state index is 0.517. The van der Waals surface area contributed by atoms with Gasteiger partial charge in [0.05, 0.1) is 12.7 Å². The molecular weight excluding hydrogens is 268 g/mol. The first-order chi connectivity index (χ1) is 10.8. The van der Waals surface area contributed by atoms with E-state index in [0.717, 1.165) is 24.4 Å². The first kappa shape index (κ1) is 17.8. The van der Waals surface area contributed by atoms with E-state index in [-0.39, 0.29) is 0 Å². The fraction of sp³-hybridized carbons (Fsp3) is 0.810. The predicted molar refractivity (Wildman–Crippen MR) is 96.0 cm³/mol. The zero-order chi connectivity index (χ0) is 15.6. The van der Waals surface area contributed by atoms with E-state index in [0.29, 0.717) is 6.10 Å². The fourth-order valence-electron chi connectivity index (χ4n) is 4.52. The molecule has 0 N–H and O–H groups in total. The van der Waals surface area contributed by atoms with Gasteiger partial charge in [-0.05, 0) is 63.2 Å². The molecule has 0 saturated heterocycles. The minimum Gasteiger partial charge on any atom is -0.374 e. The number of hydrogen-bond acceptors (Lipinski definition) is 1. The average molecular weight is 305 g/mol. The van der Waals surface area contributed by atoms with Crippen LogP contribution >= 0.6 is 0 Å². The van der Waals surface area contributed by atoms with Crippen LogP contribution in [-0.2, 0) is 4.74 Å². The van der Waals surface area contributed by atoms with Gasteiger partial charge < -0.3 is 4.74 Å². The average Bonchev–Trinajstić information content (AvgIpc) is 2.56. The van der Waals surface area contributed by atoms with E-state index in [2.05, 4.69) is 31.2 Å². The SMILES string of the molecule is CC=CC=CCOC1CCC(C2CCC(CCC)CC2)CC1. The van der Waals surface area contributed by atoms with Gasteiger partial charge in [0.1, 0.15) is 0 Å². The van der Waals surface area contributed by atoms with Crippen molar-refractivity contribution in [1.82, 2.24) is 0 Å². The third-order valence-corrected chi connectivity index (χ3v) is 5.84. The van der Waals surface area contributed by atoms with Crippen LogP contribution in [0.15, 0.2) is 24.3 Å². The Hall–Kier alpha value is -0.560. The molecule has 22 heavy (non-hydrogen) atoms. The van der Waals surface area contributed by atoms with Gasteiger partial charge in [0.25, 0.3) is 0 Å². The van der Waals surface area contributed by atoms with E-state index in [9.17, 15) is 0 Å². The van der Waals surface area contributed by atoms with Crippen LogP contribution in [0.1, 0.15) is 78.1 Å². The van der Waals surface area contributed by atoms with Crippen molar-refractivity contribution in [3.63, 3.8) is 0 Å². The minimum absolute atomic E-state index is 0.517. The summed E-state index contributed by atoms with van der Waals surface area (Å²) in [4.78, 5) is 0. The van der Waals surface area contributed by atoms with Gasteiger partial charge in [0.15, 0.2) is 0 Å². The van der Waals surface area contributed by atoms with Crippen LogP contribution in [0, 0.1) is 17.8 Å². The molecule has 0 aliphatic heterocycles. The molecule has 0 spiro atoms. The molecule has 0 radical (unpaired) electrons. The molecule has 0 aromatic carbocycles. The Morgan fingerprint density at radius 1 is 0.864 bits per heavy atom. The van der Waals surface area contributed by atoms with Gasteiger partial charge in [0.2, 0.25) is 0 Å². The Kier molecular flexibility index (Phi) is 8.30. The molecule has 126 valence electrons. The predicted octanol–water partition coefficient (Wildman–Crippen LogP) is 6.30. The summed E-state index contributed by atoms with van der Waals surface area (Å²) in [7, 11) is 0. The second-order valence-electron chi connectivity index (χ2n) is 7.39. The second-order valence-corrected chi connectivity index (χ2v) is 7.39. The molecule has 0 heterocycles. The van der Waals surface area contributed by atoms with Crippen LogP contribution in [-0.4, -0.2) is 12.7 Å². The largest absolute Gasteiger partial charge is 0.374 e. The molecule has 2 fully saturated rings. The van der Waals surface area contributed by atoms with Crippen molar-refractivity contribution in [3.8, 4) is 0 Å². The Balaban J connectivity index is 1.61. The Bertz CT molecular complexity index is 328. The number of hydrogen-bond donors (Lipinski definition) is 0. The molecule has 2 saturated carbocycles. The van der Waals surface area contributed by atoms with Gasteiger partial charge in [0, 0.05) is 0 Å². The zero-order valence-corrected chi connectivity index (χ0v) is 14.8. The first-order valence-corrected chi connectivity index (χ1v) is 9.72. The summed E-state index contributed by atoms with van der Waals surface area (Å²) < 4.78 is 5.99. The molecule has 0 unspecified atom stereocenters. The van der Waals surface area contributed by atoms with Gasteiger partial charge in [-0.2, -0.15) is 0 Å². The standard InChI is InChI=1S/C21H36O/c1-3-5-6-7-17-22-21-15-13-20(14-16-21)19-11-9-18(8-4-2)10-12-19/h3,5-7,18-21H,4,8-17H2,1-2H3. The van der Waals surface area contributed by atoms with Gasteiger partial charge >= 0.3 is 0 Å². The Labute approximate surface area is 138 Å². The summed E-state index contributed by atoms with van der Waals surface area (Å²) in [6.07, 6.45) is 23.1. The van der Waals surface area contributed by atoms with Crippen molar-refractivity contribution in [1.29, 1.82) is 0 Å². The van der Waals surface area contributed by atoms with Gasteiger partial charge in [-0.3, -0.25) is 0 Å². The summed E-state index contributed by atoms with van der Waals surface area (Å²) in [6.45, 7) is 5.16. The van der Waals surface area contributed by atoms with Crippen molar-refractivity contribution in [2.45, 2.75) is 84.2 Å². The molecule has 2 aliphatic carbocycles. The Morgan fingerprint density at radius 2 is 1.50 bits per heavy atom. The van der Waals surface area contributed by atoms with E-state index >= 15 is 0 Å². The van der Waals surface area contributed by atoms with Crippen molar-refractivity contribution in [2.75, 3.05) is 6.61 Å². The maximum atomic E-state index is 5.99. The quantitative estimate of drug-likeness (QED) is 0.501. The molecule has 0 aromatic heterocycles. The number of allylic oxidation sites excluding steroid dienone is 3. The first-order valence-electron chi connectivity index (χ1n) is 9.72.